The Balaban J connectivity index is 2.07. The lowest BCUT2D eigenvalue weighted by Crippen LogP contribution is -2.51. The highest BCUT2D eigenvalue weighted by atomic mass is 79.9. The number of anilines is 1. The van der Waals surface area contributed by atoms with Gasteiger partial charge in [-0.05, 0) is 35.0 Å². The Kier molecular flexibility index (Phi) is 5.37. The first-order valence-electron chi connectivity index (χ1n) is 6.39. The fourth-order valence-corrected chi connectivity index (χ4v) is 3.02. The number of rotatable bonds is 3. The van der Waals surface area contributed by atoms with Crippen LogP contribution in [-0.2, 0) is 4.79 Å². The molecule has 0 spiro atoms. The molecule has 7 heteroatoms. The van der Waals surface area contributed by atoms with E-state index in [0.717, 1.165) is 26.2 Å². The lowest BCUT2D eigenvalue weighted by Gasteiger charge is -2.32. The number of amides is 1. The van der Waals surface area contributed by atoms with Crippen LogP contribution in [0.1, 0.15) is 6.92 Å². The maximum absolute atomic E-state index is 13.2. The molecule has 0 saturated carbocycles. The Hall–Kier alpha value is -0.690. The lowest BCUT2D eigenvalue weighted by atomic mass is 10.2. The summed E-state index contributed by atoms with van der Waals surface area (Å²) in [7, 11) is 0. The Bertz CT molecular complexity index is 485. The third-order valence-electron chi connectivity index (χ3n) is 3.33. The monoisotopic (exact) mass is 363 g/mol. The average Bonchev–Trinajstić information content (AvgIpc) is 2.42. The molecule has 1 aromatic carbocycles. The van der Waals surface area contributed by atoms with Crippen molar-refractivity contribution < 1.29 is 9.18 Å². The Morgan fingerprint density at radius 3 is 2.75 bits per heavy atom. The second-order valence-corrected chi connectivity index (χ2v) is 5.96. The van der Waals surface area contributed by atoms with Crippen LogP contribution in [0.4, 0.5) is 10.1 Å². The molecule has 2 rings (SSSR count). The molecule has 1 unspecified atom stereocenters. The largest absolute Gasteiger partial charge is 0.322 e. The summed E-state index contributed by atoms with van der Waals surface area (Å²) in [6, 6.07) is 2.19. The minimum Gasteiger partial charge on any atom is -0.322 e. The van der Waals surface area contributed by atoms with Gasteiger partial charge < -0.3 is 10.6 Å². The van der Waals surface area contributed by atoms with Crippen LogP contribution in [0.3, 0.4) is 0 Å². The van der Waals surface area contributed by atoms with Crippen molar-refractivity contribution in [1.29, 1.82) is 0 Å². The van der Waals surface area contributed by atoms with Crippen molar-refractivity contribution in [2.75, 3.05) is 31.5 Å². The zero-order chi connectivity index (χ0) is 14.7. The van der Waals surface area contributed by atoms with Crippen molar-refractivity contribution in [3.8, 4) is 0 Å². The van der Waals surface area contributed by atoms with Crippen molar-refractivity contribution >= 4 is 39.1 Å². The predicted octanol–water partition coefficient (Wildman–Crippen LogP) is 2.47. The smallest absolute Gasteiger partial charge is 0.241 e. The van der Waals surface area contributed by atoms with Crippen LogP contribution in [0.15, 0.2) is 16.6 Å². The van der Waals surface area contributed by atoms with Gasteiger partial charge in [0, 0.05) is 30.7 Å². The van der Waals surface area contributed by atoms with E-state index in [-0.39, 0.29) is 17.0 Å². The van der Waals surface area contributed by atoms with E-state index >= 15 is 0 Å². The first-order chi connectivity index (χ1) is 9.49. The molecule has 1 amide bonds. The van der Waals surface area contributed by atoms with E-state index in [2.05, 4.69) is 31.5 Å². The van der Waals surface area contributed by atoms with Gasteiger partial charge >= 0.3 is 0 Å². The Morgan fingerprint density at radius 1 is 1.50 bits per heavy atom. The molecule has 4 nitrogen and oxygen atoms in total. The van der Waals surface area contributed by atoms with Gasteiger partial charge in [0.25, 0.3) is 0 Å². The summed E-state index contributed by atoms with van der Waals surface area (Å²) in [5, 5.41) is 6.17. The highest BCUT2D eigenvalue weighted by molar-refractivity contribution is 9.10. The number of nitrogens with one attached hydrogen (secondary N) is 2. The SMILES string of the molecule is CC(C(=O)Nc1c(Cl)cc(F)cc1Br)N1CCNCC1. The summed E-state index contributed by atoms with van der Waals surface area (Å²) in [6.45, 7) is 5.25. The van der Waals surface area contributed by atoms with Crippen molar-refractivity contribution in [3.63, 3.8) is 0 Å². The summed E-state index contributed by atoms with van der Waals surface area (Å²) < 4.78 is 13.6. The number of halogens is 3. The van der Waals surface area contributed by atoms with Gasteiger partial charge in [0.1, 0.15) is 5.82 Å². The molecule has 1 aliphatic rings. The molecule has 110 valence electrons. The summed E-state index contributed by atoms with van der Waals surface area (Å²) in [5.41, 5.74) is 0.403. The van der Waals surface area contributed by atoms with E-state index < -0.39 is 5.82 Å². The van der Waals surface area contributed by atoms with E-state index in [1.54, 1.807) is 0 Å². The minimum absolute atomic E-state index is 0.152. The van der Waals surface area contributed by atoms with Crippen LogP contribution in [-0.4, -0.2) is 43.0 Å². The number of carbonyl (C=O) groups excluding carboxylic acids is 1. The predicted molar refractivity (Wildman–Crippen MR) is 81.6 cm³/mol. The molecule has 1 saturated heterocycles. The van der Waals surface area contributed by atoms with E-state index in [0.29, 0.717) is 10.2 Å². The number of carbonyl (C=O) groups is 1. The first-order valence-corrected chi connectivity index (χ1v) is 7.56. The number of piperazine rings is 1. The zero-order valence-electron chi connectivity index (χ0n) is 11.0. The third-order valence-corrected chi connectivity index (χ3v) is 4.26. The number of nitrogens with zero attached hydrogens (tertiary/aromatic N) is 1. The van der Waals surface area contributed by atoms with E-state index in [1.807, 2.05) is 6.92 Å². The first kappa shape index (κ1) is 15.7. The minimum atomic E-state index is -0.449. The Labute approximate surface area is 130 Å². The van der Waals surface area contributed by atoms with Gasteiger partial charge in [-0.15, -0.1) is 0 Å². The van der Waals surface area contributed by atoms with Crippen LogP contribution in [0.25, 0.3) is 0 Å². The molecule has 1 aromatic rings. The summed E-state index contributed by atoms with van der Waals surface area (Å²) in [4.78, 5) is 14.3. The van der Waals surface area contributed by atoms with E-state index in [1.165, 1.54) is 12.1 Å². The maximum Gasteiger partial charge on any atom is 0.241 e. The summed E-state index contributed by atoms with van der Waals surface area (Å²) in [5.74, 6) is -0.601. The van der Waals surface area contributed by atoms with Crippen LogP contribution in [0.5, 0.6) is 0 Å². The molecule has 0 aliphatic carbocycles. The molecular formula is C13H16BrClFN3O. The third kappa shape index (κ3) is 3.69. The molecular weight excluding hydrogens is 349 g/mol. The summed E-state index contributed by atoms with van der Waals surface area (Å²) in [6.07, 6.45) is 0. The standard InChI is InChI=1S/C13H16BrClFN3O/c1-8(19-4-2-17-3-5-19)13(20)18-12-10(14)6-9(16)7-11(12)15/h6-8,17H,2-5H2,1H3,(H,18,20). The Morgan fingerprint density at radius 2 is 2.15 bits per heavy atom. The van der Waals surface area contributed by atoms with Gasteiger partial charge in [-0.2, -0.15) is 0 Å². The van der Waals surface area contributed by atoms with Crippen molar-refractivity contribution in [2.45, 2.75) is 13.0 Å². The van der Waals surface area contributed by atoms with Crippen LogP contribution < -0.4 is 10.6 Å². The molecule has 1 aliphatic heterocycles. The van der Waals surface area contributed by atoms with E-state index in [9.17, 15) is 9.18 Å². The van der Waals surface area contributed by atoms with Crippen molar-refractivity contribution in [2.24, 2.45) is 0 Å². The highest BCUT2D eigenvalue weighted by Crippen LogP contribution is 2.31. The molecule has 1 atom stereocenters. The molecule has 0 aromatic heterocycles. The fourth-order valence-electron chi connectivity index (χ4n) is 2.12. The number of benzene rings is 1. The number of hydrogen-bond donors (Lipinski definition) is 2. The normalized spacial score (nSPS) is 17.8. The van der Waals surface area contributed by atoms with Crippen LogP contribution >= 0.6 is 27.5 Å². The topological polar surface area (TPSA) is 44.4 Å². The van der Waals surface area contributed by atoms with Gasteiger partial charge in [-0.3, -0.25) is 9.69 Å². The molecule has 1 fully saturated rings. The van der Waals surface area contributed by atoms with Gasteiger partial charge in [0.05, 0.1) is 16.8 Å². The van der Waals surface area contributed by atoms with Gasteiger partial charge in [0.2, 0.25) is 5.91 Å². The average molecular weight is 365 g/mol. The van der Waals surface area contributed by atoms with Crippen LogP contribution in [0.2, 0.25) is 5.02 Å². The second kappa shape index (κ2) is 6.85. The molecule has 2 N–H and O–H groups in total. The summed E-state index contributed by atoms with van der Waals surface area (Å²) >= 11 is 9.17. The maximum atomic E-state index is 13.2. The van der Waals surface area contributed by atoms with Crippen LogP contribution in [0, 0.1) is 5.82 Å². The zero-order valence-corrected chi connectivity index (χ0v) is 13.4. The lowest BCUT2D eigenvalue weighted by molar-refractivity contribution is -0.120. The van der Waals surface area contributed by atoms with Gasteiger partial charge in [-0.1, -0.05) is 11.6 Å². The molecule has 0 bridgehead atoms. The molecule has 20 heavy (non-hydrogen) atoms. The number of hydrogen-bond acceptors (Lipinski definition) is 3. The fraction of sp³-hybridized carbons (Fsp3) is 0.462. The van der Waals surface area contributed by atoms with Gasteiger partial charge in [0.15, 0.2) is 0 Å². The van der Waals surface area contributed by atoms with E-state index in [4.69, 9.17) is 11.6 Å². The van der Waals surface area contributed by atoms with Crippen molar-refractivity contribution in [3.05, 3.63) is 27.4 Å². The quantitative estimate of drug-likeness (QED) is 0.866. The highest BCUT2D eigenvalue weighted by Gasteiger charge is 2.23. The second-order valence-electron chi connectivity index (χ2n) is 4.70. The molecule has 1 heterocycles. The van der Waals surface area contributed by atoms with Crippen molar-refractivity contribution in [1.82, 2.24) is 10.2 Å². The van der Waals surface area contributed by atoms with Gasteiger partial charge in [-0.25, -0.2) is 4.39 Å². The molecule has 0 radical (unpaired) electrons.